The van der Waals surface area contributed by atoms with Gasteiger partial charge < -0.3 is 10.6 Å². The van der Waals surface area contributed by atoms with Crippen molar-refractivity contribution in [3.05, 3.63) is 47.0 Å². The van der Waals surface area contributed by atoms with E-state index < -0.39 is 0 Å². The number of hydrogen-bond donors (Lipinski definition) is 1. The molecule has 0 aliphatic carbocycles. The van der Waals surface area contributed by atoms with Gasteiger partial charge in [-0.05, 0) is 51.0 Å². The van der Waals surface area contributed by atoms with Gasteiger partial charge in [0.05, 0.1) is 17.8 Å². The molecule has 5 nitrogen and oxygen atoms in total. The Morgan fingerprint density at radius 1 is 1.32 bits per heavy atom. The number of likely N-dealkylation sites (tertiary alicyclic amines) is 1. The van der Waals surface area contributed by atoms with Crippen LogP contribution in [0.2, 0.25) is 0 Å². The molecule has 25 heavy (non-hydrogen) atoms. The van der Waals surface area contributed by atoms with Crippen LogP contribution in [0, 0.1) is 19.7 Å². The van der Waals surface area contributed by atoms with E-state index in [1.165, 1.54) is 12.1 Å². The first-order valence-corrected chi connectivity index (χ1v) is 8.30. The van der Waals surface area contributed by atoms with Gasteiger partial charge in [-0.1, -0.05) is 0 Å². The number of halogens is 2. The van der Waals surface area contributed by atoms with E-state index in [1.807, 2.05) is 18.7 Å². The summed E-state index contributed by atoms with van der Waals surface area (Å²) in [5.74, 6) is -0.188. The summed E-state index contributed by atoms with van der Waals surface area (Å²) in [6.07, 6.45) is 2.26. The van der Waals surface area contributed by atoms with Crippen LogP contribution >= 0.6 is 12.4 Å². The van der Waals surface area contributed by atoms with E-state index in [1.54, 1.807) is 16.8 Å². The number of rotatable bonds is 3. The molecule has 1 unspecified atom stereocenters. The standard InChI is InChI=1S/C18H23FN4O.ClH/c1-12-17(10-18(24)22-9-3-4-15(20)11-22)13(2)23(21-12)16-7-5-14(19)6-8-16;/h5-8,15H,3-4,9-11,20H2,1-2H3;1H. The Hall–Kier alpha value is -1.92. The molecule has 2 heterocycles. The lowest BCUT2D eigenvalue weighted by Crippen LogP contribution is -2.46. The van der Waals surface area contributed by atoms with E-state index in [4.69, 9.17) is 5.73 Å². The fourth-order valence-corrected chi connectivity index (χ4v) is 3.26. The second-order valence-corrected chi connectivity index (χ2v) is 6.46. The number of aryl methyl sites for hydroxylation is 1. The van der Waals surface area contributed by atoms with E-state index in [-0.39, 0.29) is 30.2 Å². The van der Waals surface area contributed by atoms with Crippen LogP contribution in [0.1, 0.15) is 29.8 Å². The number of amides is 1. The zero-order valence-electron chi connectivity index (χ0n) is 14.5. The summed E-state index contributed by atoms with van der Waals surface area (Å²) in [7, 11) is 0. The molecule has 0 bridgehead atoms. The monoisotopic (exact) mass is 366 g/mol. The molecule has 3 rings (SSSR count). The second kappa shape index (κ2) is 7.97. The van der Waals surface area contributed by atoms with E-state index in [0.29, 0.717) is 13.0 Å². The van der Waals surface area contributed by atoms with Crippen LogP contribution in [0.3, 0.4) is 0 Å². The largest absolute Gasteiger partial charge is 0.341 e. The number of nitrogens with zero attached hydrogens (tertiary/aromatic N) is 3. The third-order valence-electron chi connectivity index (χ3n) is 4.65. The van der Waals surface area contributed by atoms with Crippen molar-refractivity contribution < 1.29 is 9.18 Å². The van der Waals surface area contributed by atoms with E-state index in [0.717, 1.165) is 42.0 Å². The first kappa shape index (κ1) is 19.4. The van der Waals surface area contributed by atoms with Crippen molar-refractivity contribution in [1.82, 2.24) is 14.7 Å². The van der Waals surface area contributed by atoms with Crippen LogP contribution in [0.5, 0.6) is 0 Å². The Balaban J connectivity index is 0.00000225. The van der Waals surface area contributed by atoms with Gasteiger partial charge in [0.1, 0.15) is 5.82 Å². The fraction of sp³-hybridized carbons (Fsp3) is 0.444. The highest BCUT2D eigenvalue weighted by Crippen LogP contribution is 2.20. The summed E-state index contributed by atoms with van der Waals surface area (Å²) in [6, 6.07) is 6.26. The first-order valence-electron chi connectivity index (χ1n) is 8.30. The lowest BCUT2D eigenvalue weighted by Gasteiger charge is -2.30. The smallest absolute Gasteiger partial charge is 0.227 e. The molecule has 1 aliphatic heterocycles. The van der Waals surface area contributed by atoms with Gasteiger partial charge in [0.25, 0.3) is 0 Å². The zero-order valence-corrected chi connectivity index (χ0v) is 15.4. The van der Waals surface area contributed by atoms with Crippen LogP contribution in [-0.2, 0) is 11.2 Å². The SMILES string of the molecule is Cc1nn(-c2ccc(F)cc2)c(C)c1CC(=O)N1CCCC(N)C1.Cl. The minimum atomic E-state index is -0.280. The number of benzene rings is 1. The molecule has 0 radical (unpaired) electrons. The normalized spacial score (nSPS) is 17.3. The zero-order chi connectivity index (χ0) is 17.3. The topological polar surface area (TPSA) is 64.2 Å². The van der Waals surface area contributed by atoms with E-state index in [2.05, 4.69) is 5.10 Å². The van der Waals surface area contributed by atoms with Crippen molar-refractivity contribution >= 4 is 18.3 Å². The Morgan fingerprint density at radius 3 is 2.64 bits per heavy atom. The van der Waals surface area contributed by atoms with Crippen molar-refractivity contribution in [3.63, 3.8) is 0 Å². The number of aromatic nitrogens is 2. The lowest BCUT2D eigenvalue weighted by atomic mass is 10.0. The average Bonchev–Trinajstić information content (AvgIpc) is 2.84. The summed E-state index contributed by atoms with van der Waals surface area (Å²) in [5.41, 5.74) is 9.43. The van der Waals surface area contributed by atoms with Crippen molar-refractivity contribution in [3.8, 4) is 5.69 Å². The number of carbonyl (C=O) groups is 1. The molecule has 2 aromatic rings. The van der Waals surface area contributed by atoms with Crippen LogP contribution in [0.15, 0.2) is 24.3 Å². The highest BCUT2D eigenvalue weighted by atomic mass is 35.5. The summed E-state index contributed by atoms with van der Waals surface area (Å²) in [4.78, 5) is 14.4. The quantitative estimate of drug-likeness (QED) is 0.907. The average molecular weight is 367 g/mol. The Morgan fingerprint density at radius 2 is 2.00 bits per heavy atom. The third-order valence-corrected chi connectivity index (χ3v) is 4.65. The van der Waals surface area contributed by atoms with Crippen molar-refractivity contribution in [2.75, 3.05) is 13.1 Å². The van der Waals surface area contributed by atoms with Gasteiger partial charge in [0.15, 0.2) is 0 Å². The number of hydrogen-bond acceptors (Lipinski definition) is 3. The summed E-state index contributed by atoms with van der Waals surface area (Å²) >= 11 is 0. The third kappa shape index (κ3) is 4.19. The van der Waals surface area contributed by atoms with Gasteiger partial charge in [0.2, 0.25) is 5.91 Å². The minimum absolute atomic E-state index is 0. The molecule has 2 N–H and O–H groups in total. The molecular formula is C18H24ClFN4O. The minimum Gasteiger partial charge on any atom is -0.341 e. The fourth-order valence-electron chi connectivity index (χ4n) is 3.26. The Bertz CT molecular complexity index is 744. The van der Waals surface area contributed by atoms with Crippen LogP contribution in [0.4, 0.5) is 4.39 Å². The lowest BCUT2D eigenvalue weighted by molar-refractivity contribution is -0.131. The van der Waals surface area contributed by atoms with Crippen molar-refractivity contribution in [2.24, 2.45) is 5.73 Å². The molecule has 1 aliphatic rings. The molecule has 1 fully saturated rings. The predicted octanol–water partition coefficient (Wildman–Crippen LogP) is 2.54. The molecule has 1 amide bonds. The molecule has 1 saturated heterocycles. The van der Waals surface area contributed by atoms with Crippen LogP contribution < -0.4 is 5.73 Å². The van der Waals surface area contributed by atoms with Gasteiger partial charge in [-0.2, -0.15) is 5.10 Å². The van der Waals surface area contributed by atoms with Gasteiger partial charge in [-0.25, -0.2) is 9.07 Å². The van der Waals surface area contributed by atoms with Crippen molar-refractivity contribution in [1.29, 1.82) is 0 Å². The van der Waals surface area contributed by atoms with Gasteiger partial charge in [0, 0.05) is 30.4 Å². The molecular weight excluding hydrogens is 343 g/mol. The molecule has 136 valence electrons. The predicted molar refractivity (Wildman–Crippen MR) is 97.7 cm³/mol. The Kier molecular flexibility index (Phi) is 6.19. The Labute approximate surface area is 153 Å². The molecule has 1 aromatic carbocycles. The van der Waals surface area contributed by atoms with Gasteiger partial charge in [-0.15, -0.1) is 12.4 Å². The highest BCUT2D eigenvalue weighted by Gasteiger charge is 2.23. The van der Waals surface area contributed by atoms with Crippen molar-refractivity contribution in [2.45, 2.75) is 39.2 Å². The summed E-state index contributed by atoms with van der Waals surface area (Å²) < 4.78 is 14.9. The second-order valence-electron chi connectivity index (χ2n) is 6.46. The maximum Gasteiger partial charge on any atom is 0.227 e. The molecule has 7 heteroatoms. The number of piperidine rings is 1. The maximum absolute atomic E-state index is 13.1. The van der Waals surface area contributed by atoms with Crippen LogP contribution in [0.25, 0.3) is 5.69 Å². The van der Waals surface area contributed by atoms with Crippen LogP contribution in [-0.4, -0.2) is 39.7 Å². The molecule has 1 aromatic heterocycles. The molecule has 1 atom stereocenters. The van der Waals surface area contributed by atoms with Gasteiger partial charge in [-0.3, -0.25) is 4.79 Å². The molecule has 0 spiro atoms. The van der Waals surface area contributed by atoms with E-state index in [9.17, 15) is 9.18 Å². The van der Waals surface area contributed by atoms with Gasteiger partial charge >= 0.3 is 0 Å². The number of nitrogens with two attached hydrogens (primary N) is 1. The maximum atomic E-state index is 13.1. The first-order chi connectivity index (χ1) is 11.5. The summed E-state index contributed by atoms with van der Waals surface area (Å²) in [5, 5.41) is 4.52. The summed E-state index contributed by atoms with van der Waals surface area (Å²) in [6.45, 7) is 5.24. The highest BCUT2D eigenvalue weighted by molar-refractivity contribution is 5.85. The number of carbonyl (C=O) groups excluding carboxylic acids is 1. The van der Waals surface area contributed by atoms with E-state index >= 15 is 0 Å². The molecule has 0 saturated carbocycles.